The average Bonchev–Trinajstić information content (AvgIpc) is 2.72. The fraction of sp³-hybridized carbons (Fsp3) is 0.625. The van der Waals surface area contributed by atoms with Crippen LogP contribution >= 0.6 is 0 Å². The molecule has 126 valence electrons. The summed E-state index contributed by atoms with van der Waals surface area (Å²) in [5.74, 6) is -0.591. The van der Waals surface area contributed by atoms with Crippen molar-refractivity contribution >= 4 is 5.97 Å². The number of aliphatic hydroxyl groups excluding tert-OH is 1. The highest BCUT2D eigenvalue weighted by molar-refractivity contribution is 5.94. The number of morpholine rings is 1. The van der Waals surface area contributed by atoms with Crippen molar-refractivity contribution in [2.75, 3.05) is 32.8 Å². The molecule has 1 N–H and O–H groups in total. The van der Waals surface area contributed by atoms with E-state index in [1.807, 2.05) is 0 Å². The molecule has 0 bridgehead atoms. The van der Waals surface area contributed by atoms with Gasteiger partial charge in [-0.1, -0.05) is 0 Å². The molecule has 3 rings (SSSR count). The second-order valence-electron chi connectivity index (χ2n) is 6.53. The molecule has 1 fully saturated rings. The Kier molecular flexibility index (Phi) is 4.27. The highest BCUT2D eigenvalue weighted by Gasteiger charge is 2.40. The Bertz CT molecular complexity index is 661. The molecule has 23 heavy (non-hydrogen) atoms. The van der Waals surface area contributed by atoms with E-state index >= 15 is 0 Å². The Labute approximate surface area is 134 Å². The molecular weight excluding hydrogens is 300 g/mol. The van der Waals surface area contributed by atoms with Gasteiger partial charge in [0.2, 0.25) is 0 Å². The van der Waals surface area contributed by atoms with Gasteiger partial charge in [-0.15, -0.1) is 0 Å². The summed E-state index contributed by atoms with van der Waals surface area (Å²) in [6, 6.07) is 1.73. The minimum atomic E-state index is -0.781. The first-order valence-electron chi connectivity index (χ1n) is 7.84. The van der Waals surface area contributed by atoms with Crippen molar-refractivity contribution in [2.24, 2.45) is 0 Å². The summed E-state index contributed by atoms with van der Waals surface area (Å²) in [4.78, 5) is 26.5. The third-order valence-electron chi connectivity index (χ3n) is 4.35. The van der Waals surface area contributed by atoms with Crippen molar-refractivity contribution in [2.45, 2.75) is 32.1 Å². The summed E-state index contributed by atoms with van der Waals surface area (Å²) in [6.45, 7) is 7.01. The second kappa shape index (κ2) is 6.07. The van der Waals surface area contributed by atoms with Crippen molar-refractivity contribution in [1.82, 2.24) is 9.47 Å². The average molecular weight is 322 g/mol. The number of hydrogen-bond acceptors (Lipinski definition) is 6. The number of aromatic nitrogens is 1. The van der Waals surface area contributed by atoms with E-state index in [0.29, 0.717) is 25.3 Å². The van der Waals surface area contributed by atoms with Crippen LogP contribution in [0.4, 0.5) is 0 Å². The highest BCUT2D eigenvalue weighted by atomic mass is 16.6. The molecule has 1 aromatic rings. The summed E-state index contributed by atoms with van der Waals surface area (Å²) in [6.07, 6.45) is 0.933. The van der Waals surface area contributed by atoms with E-state index in [2.05, 4.69) is 4.90 Å². The van der Waals surface area contributed by atoms with Gasteiger partial charge >= 0.3 is 5.97 Å². The van der Waals surface area contributed by atoms with Gasteiger partial charge in [-0.05, 0) is 19.9 Å². The zero-order chi connectivity index (χ0) is 16.6. The van der Waals surface area contributed by atoms with Gasteiger partial charge in [0.15, 0.2) is 0 Å². The Morgan fingerprint density at radius 3 is 2.65 bits per heavy atom. The predicted molar refractivity (Wildman–Crippen MR) is 82.4 cm³/mol. The van der Waals surface area contributed by atoms with E-state index in [-0.39, 0.29) is 12.1 Å². The van der Waals surface area contributed by atoms with Crippen LogP contribution in [0.2, 0.25) is 0 Å². The van der Waals surface area contributed by atoms with Gasteiger partial charge in [-0.25, -0.2) is 4.79 Å². The molecule has 0 saturated carbocycles. The van der Waals surface area contributed by atoms with E-state index in [0.717, 1.165) is 13.1 Å². The summed E-state index contributed by atoms with van der Waals surface area (Å²) in [5.41, 5.74) is -0.501. The molecule has 0 radical (unpaired) electrons. The molecule has 1 aromatic heterocycles. The van der Waals surface area contributed by atoms with Crippen molar-refractivity contribution in [1.29, 1.82) is 0 Å². The van der Waals surface area contributed by atoms with Crippen LogP contribution < -0.4 is 5.56 Å². The quantitative estimate of drug-likeness (QED) is 0.783. The maximum Gasteiger partial charge on any atom is 0.345 e. The molecular formula is C16H22N2O5. The molecule has 1 saturated heterocycles. The van der Waals surface area contributed by atoms with Gasteiger partial charge < -0.3 is 19.1 Å². The molecule has 3 heterocycles. The molecule has 7 nitrogen and oxygen atoms in total. The standard InChI is InChI=1S/C16H22N2O5/c1-16(2)12-3-4-18(14(20)13(12)15(21)23-16)10-11(19)9-17-5-7-22-8-6-17/h3-4,11,19H,5-10H2,1-2H3. The Balaban J connectivity index is 1.75. The largest absolute Gasteiger partial charge is 0.451 e. The number of aliphatic hydroxyl groups is 1. The summed E-state index contributed by atoms with van der Waals surface area (Å²) < 4.78 is 11.9. The first kappa shape index (κ1) is 16.2. The van der Waals surface area contributed by atoms with E-state index in [9.17, 15) is 14.7 Å². The first-order valence-corrected chi connectivity index (χ1v) is 7.84. The van der Waals surface area contributed by atoms with Crippen LogP contribution in [-0.2, 0) is 21.6 Å². The normalized spacial score (nSPS) is 21.8. The van der Waals surface area contributed by atoms with E-state index in [4.69, 9.17) is 9.47 Å². The Morgan fingerprint density at radius 1 is 1.26 bits per heavy atom. The number of pyridine rings is 1. The molecule has 7 heteroatoms. The maximum absolute atomic E-state index is 12.5. The molecule has 0 aliphatic carbocycles. The zero-order valence-electron chi connectivity index (χ0n) is 13.4. The lowest BCUT2D eigenvalue weighted by molar-refractivity contribution is 0.00920. The number of fused-ring (bicyclic) bond motifs is 1. The molecule has 2 aliphatic rings. The highest BCUT2D eigenvalue weighted by Crippen LogP contribution is 2.33. The number of hydrogen-bond donors (Lipinski definition) is 1. The number of carbonyl (C=O) groups is 1. The lowest BCUT2D eigenvalue weighted by Gasteiger charge is -2.28. The third-order valence-corrected chi connectivity index (χ3v) is 4.35. The van der Waals surface area contributed by atoms with E-state index in [1.54, 1.807) is 26.1 Å². The molecule has 1 unspecified atom stereocenters. The summed E-state index contributed by atoms with van der Waals surface area (Å²) in [7, 11) is 0. The van der Waals surface area contributed by atoms with Crippen molar-refractivity contribution < 1.29 is 19.4 Å². The van der Waals surface area contributed by atoms with Crippen LogP contribution in [-0.4, -0.2) is 59.5 Å². The predicted octanol–water partition coefficient (Wildman–Crippen LogP) is -0.0531. The molecule has 0 amide bonds. The fourth-order valence-electron chi connectivity index (χ4n) is 3.12. The van der Waals surface area contributed by atoms with E-state index in [1.165, 1.54) is 4.57 Å². The fourth-order valence-corrected chi connectivity index (χ4v) is 3.12. The van der Waals surface area contributed by atoms with Gasteiger partial charge in [0, 0.05) is 31.4 Å². The molecule has 1 atom stereocenters. The third kappa shape index (κ3) is 3.17. The number of cyclic esters (lactones) is 1. The zero-order valence-corrected chi connectivity index (χ0v) is 13.4. The van der Waals surface area contributed by atoms with Gasteiger partial charge in [-0.2, -0.15) is 0 Å². The van der Waals surface area contributed by atoms with Crippen molar-refractivity contribution in [3.8, 4) is 0 Å². The van der Waals surface area contributed by atoms with E-state index < -0.39 is 23.2 Å². The lowest BCUT2D eigenvalue weighted by Crippen LogP contribution is -2.43. The van der Waals surface area contributed by atoms with Crippen LogP contribution in [0.3, 0.4) is 0 Å². The lowest BCUT2D eigenvalue weighted by atomic mass is 9.97. The minimum Gasteiger partial charge on any atom is -0.451 e. The number of ether oxygens (including phenoxy) is 2. The molecule has 0 aromatic carbocycles. The number of rotatable bonds is 4. The number of nitrogens with zero attached hydrogens (tertiary/aromatic N) is 2. The second-order valence-corrected chi connectivity index (χ2v) is 6.53. The van der Waals surface area contributed by atoms with Gasteiger partial charge in [-0.3, -0.25) is 9.69 Å². The monoisotopic (exact) mass is 322 g/mol. The van der Waals surface area contributed by atoms with Crippen LogP contribution in [0.1, 0.15) is 29.8 Å². The van der Waals surface area contributed by atoms with Gasteiger partial charge in [0.1, 0.15) is 11.2 Å². The topological polar surface area (TPSA) is 81.0 Å². The van der Waals surface area contributed by atoms with Crippen molar-refractivity contribution in [3.05, 3.63) is 33.7 Å². The summed E-state index contributed by atoms with van der Waals surface area (Å²) >= 11 is 0. The van der Waals surface area contributed by atoms with Crippen LogP contribution in [0.15, 0.2) is 17.1 Å². The Morgan fingerprint density at radius 2 is 1.96 bits per heavy atom. The van der Waals surface area contributed by atoms with Crippen LogP contribution in [0.5, 0.6) is 0 Å². The maximum atomic E-state index is 12.5. The number of carbonyl (C=O) groups excluding carboxylic acids is 1. The smallest absolute Gasteiger partial charge is 0.345 e. The van der Waals surface area contributed by atoms with Crippen LogP contribution in [0.25, 0.3) is 0 Å². The SMILES string of the molecule is CC1(C)OC(=O)c2c1ccn(CC(O)CN1CCOCC1)c2=O. The number of esters is 1. The van der Waals surface area contributed by atoms with Gasteiger partial charge in [0.05, 0.1) is 25.9 Å². The number of β-amino-alcohol motifs (C(OH)–C–C–N with tert-alkyl or cyclic N) is 1. The van der Waals surface area contributed by atoms with Crippen molar-refractivity contribution in [3.63, 3.8) is 0 Å². The molecule has 0 spiro atoms. The minimum absolute atomic E-state index is 0.0797. The van der Waals surface area contributed by atoms with Crippen LogP contribution in [0, 0.1) is 0 Å². The first-order chi connectivity index (χ1) is 10.9. The summed E-state index contributed by atoms with van der Waals surface area (Å²) in [5, 5.41) is 10.2. The molecule has 2 aliphatic heterocycles. The van der Waals surface area contributed by atoms with Gasteiger partial charge in [0.25, 0.3) is 5.56 Å². The Hall–Kier alpha value is -1.70.